The van der Waals surface area contributed by atoms with Crippen LogP contribution in [0.1, 0.15) is 26.3 Å². The molecule has 0 aliphatic carbocycles. The molecule has 2 rings (SSSR count). The van der Waals surface area contributed by atoms with Gasteiger partial charge in [-0.25, -0.2) is 4.79 Å². The highest BCUT2D eigenvalue weighted by Crippen LogP contribution is 2.08. The average Bonchev–Trinajstić information content (AvgIpc) is 2.65. The number of carboxylic acids is 1. The van der Waals surface area contributed by atoms with Crippen molar-refractivity contribution in [3.63, 3.8) is 0 Å². The first-order valence-electron chi connectivity index (χ1n) is 8.31. The van der Waals surface area contributed by atoms with Crippen molar-refractivity contribution in [3.05, 3.63) is 72.8 Å². The van der Waals surface area contributed by atoms with Crippen LogP contribution in [-0.4, -0.2) is 35.9 Å². The van der Waals surface area contributed by atoms with Crippen molar-refractivity contribution in [2.45, 2.75) is 20.8 Å². The average molecular weight is 374 g/mol. The molecule has 0 bridgehead atoms. The van der Waals surface area contributed by atoms with Crippen LogP contribution in [0.2, 0.25) is 0 Å². The van der Waals surface area contributed by atoms with Crippen molar-refractivity contribution in [2.24, 2.45) is 0 Å². The Morgan fingerprint density at radius 2 is 1.33 bits per heavy atom. The SMILES string of the molecule is C=C(C)c1ccccc1.CC(=O)O.CCNC(=O)Nc1ccccc1.CO. The normalized spacial score (nSPS) is 8.19. The van der Waals surface area contributed by atoms with E-state index >= 15 is 0 Å². The van der Waals surface area contributed by atoms with Crippen LogP contribution in [0, 0.1) is 0 Å². The number of aliphatic hydroxyl groups excluding tert-OH is 1. The summed E-state index contributed by atoms with van der Waals surface area (Å²) in [5.41, 5.74) is 3.15. The lowest BCUT2D eigenvalue weighted by Crippen LogP contribution is -2.28. The Bertz CT molecular complexity index is 640. The van der Waals surface area contributed by atoms with Gasteiger partial charge in [0.05, 0.1) is 0 Å². The Labute approximate surface area is 161 Å². The number of anilines is 1. The molecule has 0 unspecified atom stereocenters. The Morgan fingerprint density at radius 3 is 1.67 bits per heavy atom. The third-order valence-corrected chi connectivity index (χ3v) is 2.64. The number of hydrogen-bond donors (Lipinski definition) is 4. The van der Waals surface area contributed by atoms with Crippen molar-refractivity contribution in [2.75, 3.05) is 19.0 Å². The molecular weight excluding hydrogens is 344 g/mol. The van der Waals surface area contributed by atoms with Gasteiger partial charge in [0.15, 0.2) is 0 Å². The van der Waals surface area contributed by atoms with Crippen LogP contribution in [0.15, 0.2) is 67.2 Å². The number of carbonyl (C=O) groups excluding carboxylic acids is 1. The Morgan fingerprint density at radius 1 is 0.926 bits per heavy atom. The monoisotopic (exact) mass is 374 g/mol. The van der Waals surface area contributed by atoms with Crippen LogP contribution in [-0.2, 0) is 4.79 Å². The lowest BCUT2D eigenvalue weighted by Gasteiger charge is -2.04. The van der Waals surface area contributed by atoms with Gasteiger partial charge >= 0.3 is 6.03 Å². The molecule has 0 aliphatic rings. The Hall–Kier alpha value is -3.12. The molecule has 0 aromatic heterocycles. The number of benzene rings is 2. The zero-order valence-electron chi connectivity index (χ0n) is 16.4. The summed E-state index contributed by atoms with van der Waals surface area (Å²) < 4.78 is 0. The summed E-state index contributed by atoms with van der Waals surface area (Å²) >= 11 is 0. The van der Waals surface area contributed by atoms with Crippen molar-refractivity contribution in [1.82, 2.24) is 5.32 Å². The van der Waals surface area contributed by atoms with Gasteiger partial charge in [-0.2, -0.15) is 0 Å². The maximum Gasteiger partial charge on any atom is 0.319 e. The van der Waals surface area contributed by atoms with E-state index in [1.807, 2.05) is 62.4 Å². The Balaban J connectivity index is 0. The number of carboxylic acid groups (broad SMARTS) is 1. The molecule has 2 aromatic rings. The zero-order valence-corrected chi connectivity index (χ0v) is 16.4. The lowest BCUT2D eigenvalue weighted by atomic mass is 10.1. The number of urea groups is 1. The number of para-hydroxylation sites is 1. The molecule has 2 aromatic carbocycles. The van der Waals surface area contributed by atoms with Crippen LogP contribution in [0.3, 0.4) is 0 Å². The molecule has 0 heterocycles. The van der Waals surface area contributed by atoms with E-state index in [4.69, 9.17) is 15.0 Å². The van der Waals surface area contributed by atoms with Crippen LogP contribution in [0.25, 0.3) is 5.57 Å². The maximum atomic E-state index is 11.0. The van der Waals surface area contributed by atoms with Gasteiger partial charge in [0.1, 0.15) is 0 Å². The predicted octanol–water partition coefficient (Wildman–Crippen LogP) is 4.25. The molecule has 27 heavy (non-hydrogen) atoms. The number of nitrogens with one attached hydrogen (secondary N) is 2. The van der Waals surface area contributed by atoms with Crippen molar-refractivity contribution in [3.8, 4) is 0 Å². The predicted molar refractivity (Wildman–Crippen MR) is 112 cm³/mol. The molecular formula is C21H30N2O4. The van der Waals surface area contributed by atoms with Crippen molar-refractivity contribution < 1.29 is 19.8 Å². The second-order valence-corrected chi connectivity index (χ2v) is 5.02. The molecule has 0 spiro atoms. The van der Waals surface area contributed by atoms with Gasteiger partial charge in [0, 0.05) is 26.3 Å². The number of carbonyl (C=O) groups is 2. The highest BCUT2D eigenvalue weighted by atomic mass is 16.4. The fraction of sp³-hybridized carbons (Fsp3) is 0.238. The lowest BCUT2D eigenvalue weighted by molar-refractivity contribution is -0.134. The van der Waals surface area contributed by atoms with E-state index in [2.05, 4.69) is 29.3 Å². The molecule has 148 valence electrons. The van der Waals surface area contributed by atoms with Gasteiger partial charge in [0.25, 0.3) is 5.97 Å². The van der Waals surface area contributed by atoms with E-state index in [0.29, 0.717) is 6.54 Å². The minimum Gasteiger partial charge on any atom is -0.481 e. The summed E-state index contributed by atoms with van der Waals surface area (Å²) in [5, 5.41) is 19.8. The van der Waals surface area contributed by atoms with Crippen LogP contribution >= 0.6 is 0 Å². The zero-order chi connectivity index (χ0) is 21.1. The summed E-state index contributed by atoms with van der Waals surface area (Å²) in [7, 11) is 1.00. The summed E-state index contributed by atoms with van der Waals surface area (Å²) in [5.74, 6) is -0.833. The quantitative estimate of drug-likeness (QED) is 0.645. The third-order valence-electron chi connectivity index (χ3n) is 2.64. The topological polar surface area (TPSA) is 98.7 Å². The van der Waals surface area contributed by atoms with E-state index in [1.165, 1.54) is 5.56 Å². The molecule has 6 nitrogen and oxygen atoms in total. The number of allylic oxidation sites excluding steroid dienone is 1. The molecule has 4 N–H and O–H groups in total. The van der Waals surface area contributed by atoms with Crippen LogP contribution in [0.4, 0.5) is 10.5 Å². The molecule has 0 radical (unpaired) electrons. The molecule has 6 heteroatoms. The first-order chi connectivity index (χ1) is 12.9. The summed E-state index contributed by atoms with van der Waals surface area (Å²) in [6.07, 6.45) is 0. The largest absolute Gasteiger partial charge is 0.481 e. The summed E-state index contributed by atoms with van der Waals surface area (Å²) in [4.78, 5) is 20.0. The number of hydrogen-bond acceptors (Lipinski definition) is 3. The molecule has 0 saturated heterocycles. The first-order valence-corrected chi connectivity index (χ1v) is 8.31. The van der Waals surface area contributed by atoms with E-state index in [9.17, 15) is 4.79 Å². The standard InChI is InChI=1S/C9H12N2O.C9H10.C2H4O2.CH4O/c1-2-10-9(12)11-8-6-4-3-5-7-8;1-8(2)9-6-4-3-5-7-9;1-2(3)4;1-2/h3-7H,2H2,1H3,(H2,10,11,12);3-7H,1H2,2H3;1H3,(H,3,4);2H,1H3. The highest BCUT2D eigenvalue weighted by molar-refractivity contribution is 5.89. The fourth-order valence-corrected chi connectivity index (χ4v) is 1.58. The van der Waals surface area contributed by atoms with Crippen molar-refractivity contribution in [1.29, 1.82) is 0 Å². The number of rotatable bonds is 3. The molecule has 2 amide bonds. The minimum atomic E-state index is -0.833. The molecule has 0 fully saturated rings. The number of aliphatic carboxylic acids is 1. The van der Waals surface area contributed by atoms with Gasteiger partial charge in [-0.3, -0.25) is 4.79 Å². The second-order valence-electron chi connectivity index (χ2n) is 5.02. The smallest absolute Gasteiger partial charge is 0.319 e. The first kappa shape index (κ1) is 26.1. The van der Waals surface area contributed by atoms with E-state index < -0.39 is 5.97 Å². The minimum absolute atomic E-state index is 0.163. The molecule has 0 saturated carbocycles. The number of amides is 2. The molecule has 0 atom stereocenters. The van der Waals surface area contributed by atoms with Gasteiger partial charge in [-0.15, -0.1) is 0 Å². The summed E-state index contributed by atoms with van der Waals surface area (Å²) in [6.45, 7) is 9.44. The second kappa shape index (κ2) is 17.7. The third kappa shape index (κ3) is 17.5. The van der Waals surface area contributed by atoms with E-state index in [-0.39, 0.29) is 6.03 Å². The molecule has 0 aliphatic heterocycles. The highest BCUT2D eigenvalue weighted by Gasteiger charge is 1.96. The fourth-order valence-electron chi connectivity index (χ4n) is 1.58. The van der Waals surface area contributed by atoms with E-state index in [0.717, 1.165) is 25.3 Å². The summed E-state index contributed by atoms with van der Waals surface area (Å²) in [6, 6.07) is 19.3. The van der Waals surface area contributed by atoms with Gasteiger partial charge in [-0.05, 0) is 31.5 Å². The van der Waals surface area contributed by atoms with Crippen LogP contribution in [0.5, 0.6) is 0 Å². The Kier molecular flexibility index (Phi) is 17.1. The van der Waals surface area contributed by atoms with Crippen LogP contribution < -0.4 is 10.6 Å². The maximum absolute atomic E-state index is 11.0. The van der Waals surface area contributed by atoms with Crippen molar-refractivity contribution >= 4 is 23.3 Å². The van der Waals surface area contributed by atoms with Gasteiger partial charge < -0.3 is 20.8 Å². The number of aliphatic hydroxyl groups is 1. The van der Waals surface area contributed by atoms with E-state index in [1.54, 1.807) is 0 Å². The van der Waals surface area contributed by atoms with Gasteiger partial charge in [-0.1, -0.05) is 60.7 Å². The van der Waals surface area contributed by atoms with Gasteiger partial charge in [0.2, 0.25) is 0 Å².